The molecule has 1 rings (SSSR count). The summed E-state index contributed by atoms with van der Waals surface area (Å²) in [5.74, 6) is 2.15. The fraction of sp³-hybridized carbons (Fsp3) is 0.647. The average molecular weight is 311 g/mol. The molecule has 120 valence electrons. The lowest BCUT2D eigenvalue weighted by Gasteiger charge is -2.26. The maximum atomic E-state index is 5.84. The monoisotopic (exact) mass is 310 g/mol. The number of thioether (sulfide) groups is 1. The number of nitrogens with zero attached hydrogens (tertiary/aromatic N) is 1. The Kier molecular flexibility index (Phi) is 9.55. The zero-order valence-corrected chi connectivity index (χ0v) is 14.7. The van der Waals surface area contributed by atoms with Crippen LogP contribution >= 0.6 is 11.8 Å². The summed E-state index contributed by atoms with van der Waals surface area (Å²) in [6.45, 7) is 8.01. The van der Waals surface area contributed by atoms with Gasteiger partial charge >= 0.3 is 0 Å². The Hall–Kier alpha value is -0.710. The van der Waals surface area contributed by atoms with Crippen molar-refractivity contribution < 1.29 is 4.74 Å². The van der Waals surface area contributed by atoms with Gasteiger partial charge in [0.05, 0.1) is 0 Å². The summed E-state index contributed by atoms with van der Waals surface area (Å²) < 4.78 is 5.84. The van der Waals surface area contributed by atoms with Gasteiger partial charge in [0.2, 0.25) is 0 Å². The zero-order chi connectivity index (χ0) is 15.5. The average Bonchev–Trinajstić information content (AvgIpc) is 2.51. The summed E-state index contributed by atoms with van der Waals surface area (Å²) in [4.78, 5) is 2.40. The third kappa shape index (κ3) is 7.21. The van der Waals surface area contributed by atoms with Crippen LogP contribution in [0.3, 0.4) is 0 Å². The van der Waals surface area contributed by atoms with E-state index in [9.17, 15) is 0 Å². The number of benzene rings is 1. The minimum atomic E-state index is 0.645. The molecule has 0 spiro atoms. The summed E-state index contributed by atoms with van der Waals surface area (Å²) in [6.07, 6.45) is 3.36. The number of ether oxygens (including phenoxy) is 1. The van der Waals surface area contributed by atoms with Crippen molar-refractivity contribution in [2.24, 2.45) is 0 Å². The number of nitrogens with one attached hydrogen (secondary N) is 1. The van der Waals surface area contributed by atoms with Gasteiger partial charge in [-0.3, -0.25) is 4.90 Å². The third-order valence-electron chi connectivity index (χ3n) is 3.67. The van der Waals surface area contributed by atoms with Crippen molar-refractivity contribution >= 4 is 11.8 Å². The molecule has 0 saturated carbocycles. The lowest BCUT2D eigenvalue weighted by Crippen LogP contribution is -2.36. The van der Waals surface area contributed by atoms with Crippen molar-refractivity contribution in [3.8, 4) is 5.75 Å². The minimum absolute atomic E-state index is 0.645. The topological polar surface area (TPSA) is 24.5 Å². The standard InChI is InChI=1S/C17H30N2OS/c1-5-16(14-21-4)19(3)11-12-20-17-9-7-15(8-10-17)13-18-6-2/h7-10,16,18H,5-6,11-14H2,1-4H3. The van der Waals surface area contributed by atoms with E-state index in [0.717, 1.165) is 32.0 Å². The number of likely N-dealkylation sites (N-methyl/N-ethyl adjacent to an activating group) is 1. The fourth-order valence-corrected chi connectivity index (χ4v) is 3.09. The normalized spacial score (nSPS) is 12.6. The molecule has 1 aromatic carbocycles. The Balaban J connectivity index is 2.31. The molecule has 1 aromatic rings. The van der Waals surface area contributed by atoms with Crippen LogP contribution in [0.1, 0.15) is 25.8 Å². The van der Waals surface area contributed by atoms with Crippen LogP contribution in [0.2, 0.25) is 0 Å². The van der Waals surface area contributed by atoms with Crippen LogP contribution in [0, 0.1) is 0 Å². The van der Waals surface area contributed by atoms with Crippen molar-refractivity contribution in [2.45, 2.75) is 32.9 Å². The second kappa shape index (κ2) is 10.9. The van der Waals surface area contributed by atoms with E-state index in [4.69, 9.17) is 4.74 Å². The Labute approximate surface area is 134 Å². The molecule has 0 aliphatic rings. The SMILES string of the molecule is CCNCc1ccc(OCCN(C)C(CC)CSC)cc1. The second-order valence-corrected chi connectivity index (χ2v) is 6.18. The number of hydrogen-bond donors (Lipinski definition) is 1. The first-order valence-electron chi connectivity index (χ1n) is 7.82. The molecule has 0 aromatic heterocycles. The lowest BCUT2D eigenvalue weighted by atomic mass is 10.2. The van der Waals surface area contributed by atoms with Gasteiger partial charge in [0.25, 0.3) is 0 Å². The fourth-order valence-electron chi connectivity index (χ4n) is 2.21. The second-order valence-electron chi connectivity index (χ2n) is 5.27. The largest absolute Gasteiger partial charge is 0.492 e. The van der Waals surface area contributed by atoms with Crippen LogP contribution in [-0.2, 0) is 6.54 Å². The van der Waals surface area contributed by atoms with Gasteiger partial charge in [-0.2, -0.15) is 11.8 Å². The summed E-state index contributed by atoms with van der Waals surface area (Å²) in [6, 6.07) is 9.03. The van der Waals surface area contributed by atoms with E-state index in [0.29, 0.717) is 6.04 Å². The molecule has 0 amide bonds. The Morgan fingerprint density at radius 1 is 1.24 bits per heavy atom. The molecule has 1 atom stereocenters. The summed E-state index contributed by atoms with van der Waals surface area (Å²) in [5.41, 5.74) is 1.30. The molecule has 0 radical (unpaired) electrons. The van der Waals surface area contributed by atoms with Crippen LogP contribution in [0.15, 0.2) is 24.3 Å². The molecule has 0 fully saturated rings. The third-order valence-corrected chi connectivity index (χ3v) is 4.39. The lowest BCUT2D eigenvalue weighted by molar-refractivity contribution is 0.199. The van der Waals surface area contributed by atoms with Gasteiger partial charge in [-0.1, -0.05) is 26.0 Å². The molecule has 21 heavy (non-hydrogen) atoms. The predicted octanol–water partition coefficient (Wildman–Crippen LogP) is 3.25. The summed E-state index contributed by atoms with van der Waals surface area (Å²) in [7, 11) is 2.19. The molecule has 0 saturated heterocycles. The number of rotatable bonds is 11. The van der Waals surface area contributed by atoms with Crippen LogP contribution in [0.4, 0.5) is 0 Å². The zero-order valence-electron chi connectivity index (χ0n) is 13.9. The molecule has 3 nitrogen and oxygen atoms in total. The molecule has 0 aliphatic heterocycles. The van der Waals surface area contributed by atoms with E-state index < -0.39 is 0 Å². The highest BCUT2D eigenvalue weighted by Crippen LogP contribution is 2.13. The van der Waals surface area contributed by atoms with Crippen LogP contribution < -0.4 is 10.1 Å². The molecule has 0 heterocycles. The van der Waals surface area contributed by atoms with Crippen LogP contribution in [0.5, 0.6) is 5.75 Å². The Morgan fingerprint density at radius 2 is 1.95 bits per heavy atom. The van der Waals surface area contributed by atoms with Gasteiger partial charge in [-0.25, -0.2) is 0 Å². The van der Waals surface area contributed by atoms with Crippen molar-refractivity contribution in [1.29, 1.82) is 0 Å². The van der Waals surface area contributed by atoms with Gasteiger partial charge in [0.15, 0.2) is 0 Å². The van der Waals surface area contributed by atoms with Crippen molar-refractivity contribution in [3.05, 3.63) is 29.8 Å². The Bertz CT molecular complexity index is 370. The van der Waals surface area contributed by atoms with Crippen molar-refractivity contribution in [2.75, 3.05) is 38.8 Å². The quantitative estimate of drug-likeness (QED) is 0.678. The molecular weight excluding hydrogens is 280 g/mol. The highest BCUT2D eigenvalue weighted by molar-refractivity contribution is 7.98. The predicted molar refractivity (Wildman–Crippen MR) is 94.4 cm³/mol. The maximum Gasteiger partial charge on any atom is 0.119 e. The van der Waals surface area contributed by atoms with Crippen molar-refractivity contribution in [3.63, 3.8) is 0 Å². The van der Waals surface area contributed by atoms with Gasteiger partial charge < -0.3 is 10.1 Å². The van der Waals surface area contributed by atoms with Gasteiger partial charge in [-0.05, 0) is 44.0 Å². The van der Waals surface area contributed by atoms with E-state index in [-0.39, 0.29) is 0 Å². The first-order valence-corrected chi connectivity index (χ1v) is 9.22. The Morgan fingerprint density at radius 3 is 2.52 bits per heavy atom. The van der Waals surface area contributed by atoms with E-state index in [1.165, 1.54) is 17.7 Å². The summed E-state index contributed by atoms with van der Waals surface area (Å²) >= 11 is 1.91. The highest BCUT2D eigenvalue weighted by atomic mass is 32.2. The summed E-state index contributed by atoms with van der Waals surface area (Å²) in [5, 5.41) is 3.32. The van der Waals surface area contributed by atoms with Crippen molar-refractivity contribution in [1.82, 2.24) is 10.2 Å². The van der Waals surface area contributed by atoms with E-state index >= 15 is 0 Å². The molecular formula is C17H30N2OS. The van der Waals surface area contributed by atoms with E-state index in [1.54, 1.807) is 0 Å². The minimum Gasteiger partial charge on any atom is -0.492 e. The van der Waals surface area contributed by atoms with Gasteiger partial charge in [-0.15, -0.1) is 0 Å². The first-order chi connectivity index (χ1) is 10.2. The molecule has 0 bridgehead atoms. The van der Waals surface area contributed by atoms with Crippen LogP contribution in [-0.4, -0.2) is 49.7 Å². The first kappa shape index (κ1) is 18.3. The van der Waals surface area contributed by atoms with E-state index in [2.05, 4.69) is 61.6 Å². The van der Waals surface area contributed by atoms with Crippen LogP contribution in [0.25, 0.3) is 0 Å². The smallest absolute Gasteiger partial charge is 0.119 e. The maximum absolute atomic E-state index is 5.84. The molecule has 1 N–H and O–H groups in total. The number of hydrogen-bond acceptors (Lipinski definition) is 4. The highest BCUT2D eigenvalue weighted by Gasteiger charge is 2.11. The van der Waals surface area contributed by atoms with Gasteiger partial charge in [0, 0.05) is 24.9 Å². The van der Waals surface area contributed by atoms with E-state index in [1.807, 2.05) is 11.8 Å². The van der Waals surface area contributed by atoms with Gasteiger partial charge in [0.1, 0.15) is 12.4 Å². The molecule has 4 heteroatoms. The molecule has 0 aliphatic carbocycles. The molecule has 1 unspecified atom stereocenters.